The molecule has 0 unspecified atom stereocenters. The van der Waals surface area contributed by atoms with Gasteiger partial charge in [-0.15, -0.1) is 0 Å². The maximum absolute atomic E-state index is 11.8. The molecule has 0 bridgehead atoms. The molecule has 7 heteroatoms. The van der Waals surface area contributed by atoms with E-state index in [0.717, 1.165) is 43.2 Å². The third kappa shape index (κ3) is 2.06. The number of hydrogen-bond donors (Lipinski definition) is 1. The summed E-state index contributed by atoms with van der Waals surface area (Å²) in [5.74, 6) is 0. The fraction of sp³-hybridized carbons (Fsp3) is 0.600. The first-order valence-electron chi connectivity index (χ1n) is 7.78. The van der Waals surface area contributed by atoms with Crippen molar-refractivity contribution in [2.45, 2.75) is 49.3 Å². The van der Waals surface area contributed by atoms with E-state index in [2.05, 4.69) is 25.9 Å². The minimum Gasteiger partial charge on any atom is -0.321 e. The molecule has 2 aromatic heterocycles. The van der Waals surface area contributed by atoms with Crippen molar-refractivity contribution in [1.82, 2.24) is 19.9 Å². The van der Waals surface area contributed by atoms with Gasteiger partial charge in [0, 0.05) is 36.6 Å². The van der Waals surface area contributed by atoms with Crippen LogP contribution in [0.2, 0.25) is 0 Å². The summed E-state index contributed by atoms with van der Waals surface area (Å²) >= 11 is 0. The molecule has 1 fully saturated rings. The molecule has 0 atom stereocenters. The van der Waals surface area contributed by atoms with Crippen molar-refractivity contribution in [2.24, 2.45) is 0 Å². The quantitative estimate of drug-likeness (QED) is 0.808. The lowest BCUT2D eigenvalue weighted by Gasteiger charge is -2.43. The topological polar surface area (TPSA) is 76.9 Å². The smallest absolute Gasteiger partial charge is 0.248 e. The standard InChI is InChI=1S/C15H20N4O2S/c1-22(20,21)14-17-8-11-7-12-9-16-10-15(5-3-2-4-6-15)19(12)13(11)18-14/h7-8,16H,2-6,9-10H2,1H3. The zero-order valence-electron chi connectivity index (χ0n) is 12.7. The number of nitrogens with zero attached hydrogens (tertiary/aromatic N) is 3. The van der Waals surface area contributed by atoms with Gasteiger partial charge >= 0.3 is 0 Å². The predicted octanol–water partition coefficient (Wildman–Crippen LogP) is 1.60. The van der Waals surface area contributed by atoms with Crippen LogP contribution in [0.25, 0.3) is 11.0 Å². The maximum Gasteiger partial charge on any atom is 0.248 e. The summed E-state index contributed by atoms with van der Waals surface area (Å²) in [6, 6.07) is 2.09. The predicted molar refractivity (Wildman–Crippen MR) is 83.4 cm³/mol. The first kappa shape index (κ1) is 14.1. The molecule has 2 aliphatic rings. The Labute approximate surface area is 129 Å². The Kier molecular flexibility index (Phi) is 3.06. The molecule has 1 N–H and O–H groups in total. The van der Waals surface area contributed by atoms with Gasteiger partial charge in [-0.1, -0.05) is 19.3 Å². The van der Waals surface area contributed by atoms with E-state index >= 15 is 0 Å². The molecule has 1 aliphatic heterocycles. The highest BCUT2D eigenvalue weighted by molar-refractivity contribution is 7.90. The first-order chi connectivity index (χ1) is 10.5. The Morgan fingerprint density at radius 1 is 1.27 bits per heavy atom. The molecule has 0 amide bonds. The summed E-state index contributed by atoms with van der Waals surface area (Å²) < 4.78 is 25.9. The van der Waals surface area contributed by atoms with Crippen molar-refractivity contribution >= 4 is 20.9 Å². The van der Waals surface area contributed by atoms with Crippen molar-refractivity contribution in [2.75, 3.05) is 12.8 Å². The zero-order valence-corrected chi connectivity index (χ0v) is 13.5. The highest BCUT2D eigenvalue weighted by Crippen LogP contribution is 2.40. The zero-order chi connectivity index (χ0) is 15.4. The van der Waals surface area contributed by atoms with Crippen LogP contribution in [0.3, 0.4) is 0 Å². The van der Waals surface area contributed by atoms with Crippen LogP contribution < -0.4 is 5.32 Å². The molecule has 3 heterocycles. The van der Waals surface area contributed by atoms with Crippen LogP contribution in [-0.2, 0) is 21.9 Å². The summed E-state index contributed by atoms with van der Waals surface area (Å²) in [7, 11) is -3.39. The van der Waals surface area contributed by atoms with Gasteiger partial charge in [-0.25, -0.2) is 13.4 Å². The molecular weight excluding hydrogens is 300 g/mol. The highest BCUT2D eigenvalue weighted by Gasteiger charge is 2.38. The molecule has 0 radical (unpaired) electrons. The number of nitrogens with one attached hydrogen (secondary N) is 1. The normalized spacial score (nSPS) is 21.1. The van der Waals surface area contributed by atoms with Gasteiger partial charge in [0.15, 0.2) is 0 Å². The molecule has 22 heavy (non-hydrogen) atoms. The molecule has 2 aromatic rings. The van der Waals surface area contributed by atoms with Gasteiger partial charge in [-0.2, -0.15) is 4.98 Å². The van der Waals surface area contributed by atoms with Gasteiger partial charge in [0.2, 0.25) is 15.0 Å². The van der Waals surface area contributed by atoms with E-state index in [1.54, 1.807) is 6.20 Å². The van der Waals surface area contributed by atoms with Crippen molar-refractivity contribution in [1.29, 1.82) is 0 Å². The summed E-state index contributed by atoms with van der Waals surface area (Å²) in [5, 5.41) is 4.37. The van der Waals surface area contributed by atoms with Gasteiger partial charge in [0.25, 0.3) is 0 Å². The Bertz CT molecular complexity index is 835. The van der Waals surface area contributed by atoms with Crippen LogP contribution in [0.5, 0.6) is 0 Å². The van der Waals surface area contributed by atoms with Crippen molar-refractivity contribution < 1.29 is 8.42 Å². The number of fused-ring (bicyclic) bond motifs is 4. The van der Waals surface area contributed by atoms with Crippen LogP contribution in [-0.4, -0.2) is 35.8 Å². The second-order valence-electron chi connectivity index (χ2n) is 6.56. The molecule has 118 valence electrons. The van der Waals surface area contributed by atoms with Crippen LogP contribution in [0.15, 0.2) is 17.4 Å². The van der Waals surface area contributed by atoms with Gasteiger partial charge in [-0.3, -0.25) is 0 Å². The van der Waals surface area contributed by atoms with Gasteiger partial charge < -0.3 is 9.88 Å². The third-order valence-electron chi connectivity index (χ3n) is 4.95. The molecule has 1 spiro atoms. The van der Waals surface area contributed by atoms with E-state index < -0.39 is 9.84 Å². The van der Waals surface area contributed by atoms with Crippen LogP contribution in [0, 0.1) is 0 Å². The average Bonchev–Trinajstić information content (AvgIpc) is 2.86. The van der Waals surface area contributed by atoms with Gasteiger partial charge in [-0.05, 0) is 18.9 Å². The monoisotopic (exact) mass is 320 g/mol. The van der Waals surface area contributed by atoms with Crippen molar-refractivity contribution in [3.8, 4) is 0 Å². The van der Waals surface area contributed by atoms with E-state index in [4.69, 9.17) is 0 Å². The van der Waals surface area contributed by atoms with Crippen LogP contribution >= 0.6 is 0 Å². The maximum atomic E-state index is 11.8. The summed E-state index contributed by atoms with van der Waals surface area (Å²) in [6.45, 7) is 1.73. The molecule has 0 aromatic carbocycles. The Balaban J connectivity index is 1.97. The summed E-state index contributed by atoms with van der Waals surface area (Å²) in [5.41, 5.74) is 1.99. The fourth-order valence-electron chi connectivity index (χ4n) is 3.98. The van der Waals surface area contributed by atoms with Crippen LogP contribution in [0.4, 0.5) is 0 Å². The average molecular weight is 320 g/mol. The third-order valence-corrected chi connectivity index (χ3v) is 5.81. The Morgan fingerprint density at radius 2 is 2.05 bits per heavy atom. The fourth-order valence-corrected chi connectivity index (χ4v) is 4.47. The lowest BCUT2D eigenvalue weighted by atomic mass is 9.80. The largest absolute Gasteiger partial charge is 0.321 e. The van der Waals surface area contributed by atoms with Gasteiger partial charge in [0.1, 0.15) is 5.65 Å². The first-order valence-corrected chi connectivity index (χ1v) is 9.67. The number of hydrogen-bond acceptors (Lipinski definition) is 5. The van der Waals surface area contributed by atoms with E-state index in [-0.39, 0.29) is 10.7 Å². The van der Waals surface area contributed by atoms with E-state index in [0.29, 0.717) is 0 Å². The number of aromatic nitrogens is 3. The second kappa shape index (κ2) is 4.76. The molecule has 6 nitrogen and oxygen atoms in total. The molecule has 1 saturated carbocycles. The van der Waals surface area contributed by atoms with Crippen LogP contribution in [0.1, 0.15) is 37.8 Å². The Hall–Kier alpha value is -1.47. The molecular formula is C15H20N4O2S. The number of sulfone groups is 1. The number of rotatable bonds is 1. The summed E-state index contributed by atoms with van der Waals surface area (Å²) in [6.07, 6.45) is 8.74. The van der Waals surface area contributed by atoms with E-state index in [1.165, 1.54) is 25.0 Å². The van der Waals surface area contributed by atoms with E-state index in [1.807, 2.05) is 0 Å². The molecule has 1 aliphatic carbocycles. The minimum absolute atomic E-state index is 0.0384. The summed E-state index contributed by atoms with van der Waals surface area (Å²) in [4.78, 5) is 8.43. The SMILES string of the molecule is CS(=O)(=O)c1ncc2cc3n(c2n1)C1(CCCCC1)CNC3. The van der Waals surface area contributed by atoms with Gasteiger partial charge in [0.05, 0.1) is 5.54 Å². The van der Waals surface area contributed by atoms with Crippen molar-refractivity contribution in [3.05, 3.63) is 18.0 Å². The molecule has 4 rings (SSSR count). The lowest BCUT2D eigenvalue weighted by molar-refractivity contribution is 0.168. The Morgan fingerprint density at radius 3 is 2.77 bits per heavy atom. The lowest BCUT2D eigenvalue weighted by Crippen LogP contribution is -2.49. The highest BCUT2D eigenvalue weighted by atomic mass is 32.2. The molecule has 0 saturated heterocycles. The second-order valence-corrected chi connectivity index (χ2v) is 8.47. The van der Waals surface area contributed by atoms with Crippen molar-refractivity contribution in [3.63, 3.8) is 0 Å². The van der Waals surface area contributed by atoms with E-state index in [9.17, 15) is 8.42 Å². The minimum atomic E-state index is -3.39.